The monoisotopic (exact) mass is 385 g/mol. The van der Waals surface area contributed by atoms with Gasteiger partial charge in [0.15, 0.2) is 12.3 Å². The Labute approximate surface area is 170 Å². The fraction of sp³-hybridized carbons (Fsp3) is 0.240. The predicted octanol–water partition coefficient (Wildman–Crippen LogP) is 5.89. The van der Waals surface area contributed by atoms with Gasteiger partial charge >= 0.3 is 5.89 Å². The van der Waals surface area contributed by atoms with Crippen molar-refractivity contribution in [3.05, 3.63) is 72.4 Å². The smallest absolute Gasteiger partial charge is 0.379 e. The van der Waals surface area contributed by atoms with E-state index >= 15 is 0 Å². The van der Waals surface area contributed by atoms with Gasteiger partial charge in [-0.05, 0) is 30.5 Å². The third kappa shape index (κ3) is 2.96. The van der Waals surface area contributed by atoms with Crippen molar-refractivity contribution >= 4 is 33.6 Å². The van der Waals surface area contributed by atoms with Gasteiger partial charge in [-0.2, -0.15) is 4.57 Å². The Morgan fingerprint density at radius 2 is 1.79 bits per heavy atom. The highest BCUT2D eigenvalue weighted by molar-refractivity contribution is 6.01. The number of oxazole rings is 1. The number of aryl methyl sites for hydroxylation is 1. The van der Waals surface area contributed by atoms with Gasteiger partial charge in [0.25, 0.3) is 5.52 Å². The average Bonchev–Trinajstić information content (AvgIpc) is 3.29. The fourth-order valence-corrected chi connectivity index (χ4v) is 4.08. The van der Waals surface area contributed by atoms with Crippen LogP contribution in [0.15, 0.2) is 71.0 Å². The molecule has 2 heterocycles. The first-order valence-electron chi connectivity index (χ1n) is 10.4. The molecule has 4 heteroatoms. The molecule has 5 rings (SSSR count). The van der Waals surface area contributed by atoms with Crippen molar-refractivity contribution in [3.63, 3.8) is 0 Å². The zero-order valence-electron chi connectivity index (χ0n) is 16.9. The molecule has 4 aromatic rings. The molecule has 0 N–H and O–H groups in total. The number of aromatic nitrogens is 1. The van der Waals surface area contributed by atoms with Crippen LogP contribution in [-0.4, -0.2) is 6.54 Å². The van der Waals surface area contributed by atoms with Crippen LogP contribution in [-0.2, 0) is 6.54 Å². The number of fused-ring (bicyclic) bond motifs is 4. The van der Waals surface area contributed by atoms with Crippen molar-refractivity contribution in [1.29, 1.82) is 0 Å². The molecule has 1 aliphatic heterocycles. The van der Waals surface area contributed by atoms with Crippen LogP contribution in [0.1, 0.15) is 32.6 Å². The first-order valence-corrected chi connectivity index (χ1v) is 10.4. The van der Waals surface area contributed by atoms with Crippen molar-refractivity contribution in [2.24, 2.45) is 0 Å². The molecule has 4 nitrogen and oxygen atoms in total. The summed E-state index contributed by atoms with van der Waals surface area (Å²) in [5, 5.41) is 2.33. The molecule has 146 valence electrons. The summed E-state index contributed by atoms with van der Waals surface area (Å²) in [5.41, 5.74) is 3.16. The van der Waals surface area contributed by atoms with Crippen LogP contribution in [0.5, 0.6) is 5.75 Å². The maximum absolute atomic E-state index is 6.44. The minimum Gasteiger partial charge on any atom is -0.438 e. The van der Waals surface area contributed by atoms with E-state index in [-0.39, 0.29) is 0 Å². The molecule has 0 saturated carbocycles. The first-order chi connectivity index (χ1) is 14.3. The van der Waals surface area contributed by atoms with Crippen LogP contribution >= 0.6 is 0 Å². The zero-order valence-corrected chi connectivity index (χ0v) is 16.9. The molecule has 0 fully saturated rings. The Balaban J connectivity index is 1.68. The minimum absolute atomic E-state index is 0.808. The lowest BCUT2D eigenvalue weighted by atomic mass is 10.1. The van der Waals surface area contributed by atoms with Crippen LogP contribution in [0.4, 0.5) is 5.69 Å². The SMILES string of the molecule is CCCC[n+]1c(C=C2Oc3ccccc3N2CC)oc2c3ccccc3ccc21. The molecule has 1 aliphatic rings. The van der Waals surface area contributed by atoms with Crippen LogP contribution in [0.2, 0.25) is 0 Å². The summed E-state index contributed by atoms with van der Waals surface area (Å²) >= 11 is 0. The van der Waals surface area contributed by atoms with E-state index in [0.29, 0.717) is 0 Å². The van der Waals surface area contributed by atoms with Gasteiger partial charge in [0.1, 0.15) is 6.08 Å². The van der Waals surface area contributed by atoms with Gasteiger partial charge in [-0.1, -0.05) is 49.7 Å². The molecule has 0 saturated heterocycles. The lowest BCUT2D eigenvalue weighted by Gasteiger charge is -2.14. The Morgan fingerprint density at radius 3 is 2.66 bits per heavy atom. The number of hydrogen-bond acceptors (Lipinski definition) is 3. The largest absolute Gasteiger partial charge is 0.438 e. The normalized spacial score (nSPS) is 14.7. The van der Waals surface area contributed by atoms with Gasteiger partial charge in [-0.15, -0.1) is 0 Å². The van der Waals surface area contributed by atoms with Crippen LogP contribution in [0.25, 0.3) is 27.9 Å². The summed E-state index contributed by atoms with van der Waals surface area (Å²) in [7, 11) is 0. The molecular weight excluding hydrogens is 360 g/mol. The zero-order chi connectivity index (χ0) is 19.8. The summed E-state index contributed by atoms with van der Waals surface area (Å²) in [6, 6.07) is 20.9. The van der Waals surface area contributed by atoms with Gasteiger partial charge in [0, 0.05) is 24.4 Å². The Bertz CT molecular complexity index is 1220. The summed E-state index contributed by atoms with van der Waals surface area (Å²) in [4.78, 5) is 2.19. The van der Waals surface area contributed by atoms with E-state index in [1.165, 1.54) is 5.39 Å². The van der Waals surface area contributed by atoms with E-state index < -0.39 is 0 Å². The number of hydrogen-bond donors (Lipinski definition) is 0. The van der Waals surface area contributed by atoms with Crippen LogP contribution < -0.4 is 14.2 Å². The Kier molecular flexibility index (Phi) is 4.47. The molecule has 0 spiro atoms. The summed E-state index contributed by atoms with van der Waals surface area (Å²) in [6.45, 7) is 6.10. The number of benzene rings is 3. The number of para-hydroxylation sites is 2. The van der Waals surface area contributed by atoms with E-state index in [0.717, 1.165) is 65.6 Å². The number of ether oxygens (including phenoxy) is 1. The van der Waals surface area contributed by atoms with Gasteiger partial charge in [0.2, 0.25) is 11.5 Å². The molecular formula is C25H25N2O2+. The second-order valence-corrected chi connectivity index (χ2v) is 7.38. The van der Waals surface area contributed by atoms with Crippen molar-refractivity contribution in [2.75, 3.05) is 11.4 Å². The van der Waals surface area contributed by atoms with Gasteiger partial charge in [-0.3, -0.25) is 0 Å². The van der Waals surface area contributed by atoms with Gasteiger partial charge in [0.05, 0.1) is 5.69 Å². The second kappa shape index (κ2) is 7.28. The van der Waals surface area contributed by atoms with Crippen molar-refractivity contribution < 1.29 is 13.7 Å². The van der Waals surface area contributed by atoms with E-state index in [4.69, 9.17) is 9.15 Å². The van der Waals surface area contributed by atoms with E-state index in [1.54, 1.807) is 0 Å². The van der Waals surface area contributed by atoms with Crippen LogP contribution in [0.3, 0.4) is 0 Å². The second-order valence-electron chi connectivity index (χ2n) is 7.38. The standard InChI is InChI=1S/C25H25N2O2/c1-3-5-16-27-21-15-14-18-10-6-7-11-19(18)25(21)29-24(27)17-23-26(4-2)20-12-8-9-13-22(20)28-23/h6-15,17H,3-5,16H2,1-2H3/q+1. The third-order valence-corrected chi connectivity index (χ3v) is 5.56. The average molecular weight is 385 g/mol. The molecule has 0 amide bonds. The lowest BCUT2D eigenvalue weighted by Crippen LogP contribution is -2.35. The number of unbranched alkanes of at least 4 members (excludes halogenated alkanes) is 1. The summed E-state index contributed by atoms with van der Waals surface area (Å²) in [6.07, 6.45) is 4.26. The molecule has 29 heavy (non-hydrogen) atoms. The maximum atomic E-state index is 6.44. The van der Waals surface area contributed by atoms with E-state index in [2.05, 4.69) is 65.8 Å². The van der Waals surface area contributed by atoms with Crippen molar-refractivity contribution in [2.45, 2.75) is 33.2 Å². The highest BCUT2D eigenvalue weighted by Gasteiger charge is 2.29. The Hall–Kier alpha value is -3.27. The molecule has 0 radical (unpaired) electrons. The highest BCUT2D eigenvalue weighted by Crippen LogP contribution is 2.39. The van der Waals surface area contributed by atoms with Crippen molar-refractivity contribution in [1.82, 2.24) is 0 Å². The first kappa shape index (κ1) is 17.8. The third-order valence-electron chi connectivity index (χ3n) is 5.56. The summed E-state index contributed by atoms with van der Waals surface area (Å²) in [5.74, 6) is 2.52. The topological polar surface area (TPSA) is 29.5 Å². The lowest BCUT2D eigenvalue weighted by molar-refractivity contribution is -0.678. The Morgan fingerprint density at radius 1 is 0.966 bits per heavy atom. The van der Waals surface area contributed by atoms with E-state index in [1.807, 2.05) is 24.3 Å². The predicted molar refractivity (Wildman–Crippen MR) is 117 cm³/mol. The number of rotatable bonds is 5. The minimum atomic E-state index is 0.808. The summed E-state index contributed by atoms with van der Waals surface area (Å²) < 4.78 is 14.9. The molecule has 1 aromatic heterocycles. The van der Waals surface area contributed by atoms with Crippen molar-refractivity contribution in [3.8, 4) is 5.75 Å². The molecule has 0 aliphatic carbocycles. The highest BCUT2D eigenvalue weighted by atomic mass is 16.5. The number of anilines is 1. The van der Waals surface area contributed by atoms with Gasteiger partial charge in [-0.25, -0.2) is 0 Å². The van der Waals surface area contributed by atoms with Gasteiger partial charge < -0.3 is 14.1 Å². The quantitative estimate of drug-likeness (QED) is 0.401. The fourth-order valence-electron chi connectivity index (χ4n) is 4.08. The molecule has 0 bridgehead atoms. The number of nitrogens with zero attached hydrogens (tertiary/aromatic N) is 2. The molecule has 3 aromatic carbocycles. The maximum Gasteiger partial charge on any atom is 0.379 e. The molecule has 0 unspecified atom stereocenters. The van der Waals surface area contributed by atoms with E-state index in [9.17, 15) is 0 Å². The van der Waals surface area contributed by atoms with Crippen LogP contribution in [0, 0.1) is 0 Å². The molecule has 0 atom stereocenters.